The largest absolute Gasteiger partial charge is 0.494 e. The van der Waals surface area contributed by atoms with Gasteiger partial charge in [-0.25, -0.2) is 0 Å². The molecule has 4 nitrogen and oxygen atoms in total. The van der Waals surface area contributed by atoms with Crippen LogP contribution in [0.15, 0.2) is 48.7 Å². The van der Waals surface area contributed by atoms with Gasteiger partial charge in [-0.2, -0.15) is 0 Å². The van der Waals surface area contributed by atoms with E-state index in [0.717, 1.165) is 30.7 Å². The zero-order chi connectivity index (χ0) is 21.8. The van der Waals surface area contributed by atoms with Crippen molar-refractivity contribution >= 4 is 5.91 Å². The van der Waals surface area contributed by atoms with E-state index in [1.807, 2.05) is 39.0 Å². The highest BCUT2D eigenvalue weighted by Crippen LogP contribution is 2.24. The Balaban J connectivity index is 1.70. The predicted molar refractivity (Wildman–Crippen MR) is 124 cm³/mol. The SMILES string of the molecule is CCCCCCc1ccc(OCCCC(C)(C)C(=O)NC(C)c2ccccn2)cc1. The first-order chi connectivity index (χ1) is 14.4. The molecule has 0 aliphatic carbocycles. The van der Waals surface area contributed by atoms with E-state index in [0.29, 0.717) is 6.61 Å². The summed E-state index contributed by atoms with van der Waals surface area (Å²) in [5.74, 6) is 0.950. The number of benzene rings is 1. The minimum atomic E-state index is -0.450. The average Bonchev–Trinajstić information content (AvgIpc) is 2.76. The second kappa shape index (κ2) is 12.4. The fourth-order valence-corrected chi connectivity index (χ4v) is 3.42. The minimum absolute atomic E-state index is 0.0491. The Kier molecular flexibility index (Phi) is 9.85. The Morgan fingerprint density at radius 2 is 1.83 bits per heavy atom. The van der Waals surface area contributed by atoms with Crippen molar-refractivity contribution in [3.05, 3.63) is 59.9 Å². The van der Waals surface area contributed by atoms with Crippen molar-refractivity contribution in [1.29, 1.82) is 0 Å². The van der Waals surface area contributed by atoms with E-state index in [2.05, 4.69) is 41.5 Å². The number of carbonyl (C=O) groups is 1. The number of hydrogen-bond donors (Lipinski definition) is 1. The number of nitrogens with one attached hydrogen (secondary N) is 1. The topological polar surface area (TPSA) is 51.2 Å². The molecule has 0 bridgehead atoms. The number of amides is 1. The molecule has 0 saturated carbocycles. The van der Waals surface area contributed by atoms with E-state index in [1.165, 1.54) is 31.2 Å². The lowest BCUT2D eigenvalue weighted by Crippen LogP contribution is -2.38. The number of hydrogen-bond acceptors (Lipinski definition) is 3. The normalized spacial score (nSPS) is 12.4. The molecule has 0 fully saturated rings. The van der Waals surface area contributed by atoms with E-state index < -0.39 is 5.41 Å². The van der Waals surface area contributed by atoms with Crippen LogP contribution in [0.25, 0.3) is 0 Å². The molecule has 0 aliphatic heterocycles. The third-order valence-electron chi connectivity index (χ3n) is 5.55. The molecule has 30 heavy (non-hydrogen) atoms. The van der Waals surface area contributed by atoms with Gasteiger partial charge in [-0.05, 0) is 62.4 Å². The van der Waals surface area contributed by atoms with Gasteiger partial charge in [-0.1, -0.05) is 58.2 Å². The summed E-state index contributed by atoms with van der Waals surface area (Å²) >= 11 is 0. The van der Waals surface area contributed by atoms with Gasteiger partial charge in [0.15, 0.2) is 0 Å². The highest BCUT2D eigenvalue weighted by atomic mass is 16.5. The zero-order valence-corrected chi connectivity index (χ0v) is 19.1. The number of carbonyl (C=O) groups excluding carboxylic acids is 1. The first kappa shape index (κ1) is 23.9. The van der Waals surface area contributed by atoms with Gasteiger partial charge in [-0.15, -0.1) is 0 Å². The summed E-state index contributed by atoms with van der Waals surface area (Å²) in [6.45, 7) is 8.79. The van der Waals surface area contributed by atoms with Crippen LogP contribution in [0, 0.1) is 5.41 Å². The molecule has 0 saturated heterocycles. The van der Waals surface area contributed by atoms with Gasteiger partial charge in [-0.3, -0.25) is 9.78 Å². The molecule has 2 rings (SSSR count). The Morgan fingerprint density at radius 1 is 1.07 bits per heavy atom. The summed E-state index contributed by atoms with van der Waals surface area (Å²) in [6.07, 6.45) is 9.63. The summed E-state index contributed by atoms with van der Waals surface area (Å²) in [6, 6.07) is 14.1. The smallest absolute Gasteiger partial charge is 0.226 e. The van der Waals surface area contributed by atoms with Crippen LogP contribution in [0.4, 0.5) is 0 Å². The molecule has 1 heterocycles. The van der Waals surface area contributed by atoms with Gasteiger partial charge in [0.2, 0.25) is 5.91 Å². The van der Waals surface area contributed by atoms with Gasteiger partial charge in [0.25, 0.3) is 0 Å². The molecule has 164 valence electrons. The monoisotopic (exact) mass is 410 g/mol. The van der Waals surface area contributed by atoms with Gasteiger partial charge >= 0.3 is 0 Å². The molecular weight excluding hydrogens is 372 g/mol. The lowest BCUT2D eigenvalue weighted by molar-refractivity contribution is -0.130. The number of aryl methyl sites for hydroxylation is 1. The Bertz CT molecular complexity index is 741. The zero-order valence-electron chi connectivity index (χ0n) is 19.1. The Hall–Kier alpha value is -2.36. The van der Waals surface area contributed by atoms with E-state index in [9.17, 15) is 4.79 Å². The molecule has 1 amide bonds. The molecule has 1 unspecified atom stereocenters. The van der Waals surface area contributed by atoms with Crippen molar-refractivity contribution in [3.63, 3.8) is 0 Å². The summed E-state index contributed by atoms with van der Waals surface area (Å²) in [5, 5.41) is 3.08. The lowest BCUT2D eigenvalue weighted by atomic mass is 9.86. The van der Waals surface area contributed by atoms with Crippen molar-refractivity contribution in [2.45, 2.75) is 78.7 Å². The Labute approximate surface area is 182 Å². The molecule has 1 aromatic carbocycles. The van der Waals surface area contributed by atoms with Gasteiger partial charge in [0.05, 0.1) is 18.3 Å². The fourth-order valence-electron chi connectivity index (χ4n) is 3.42. The van der Waals surface area contributed by atoms with Crippen LogP contribution in [0.1, 0.15) is 83.5 Å². The maximum Gasteiger partial charge on any atom is 0.226 e. The average molecular weight is 411 g/mol. The van der Waals surface area contributed by atoms with Crippen LogP contribution in [0.5, 0.6) is 5.75 Å². The van der Waals surface area contributed by atoms with E-state index in [1.54, 1.807) is 6.20 Å². The molecular formula is C26H38N2O2. The highest BCUT2D eigenvalue weighted by molar-refractivity contribution is 5.82. The summed E-state index contributed by atoms with van der Waals surface area (Å²) in [4.78, 5) is 17.0. The van der Waals surface area contributed by atoms with Crippen LogP contribution in [0.3, 0.4) is 0 Å². The van der Waals surface area contributed by atoms with E-state index in [4.69, 9.17) is 4.74 Å². The van der Waals surface area contributed by atoms with Crippen LogP contribution < -0.4 is 10.1 Å². The van der Waals surface area contributed by atoms with Crippen LogP contribution in [-0.2, 0) is 11.2 Å². The molecule has 4 heteroatoms. The van der Waals surface area contributed by atoms with Gasteiger partial charge < -0.3 is 10.1 Å². The number of rotatable bonds is 13. The standard InChI is InChI=1S/C26H38N2O2/c1-5-6-7-8-12-22-14-16-23(17-15-22)30-20-11-18-26(3,4)25(29)28-21(2)24-13-9-10-19-27-24/h9-10,13-17,19,21H,5-8,11-12,18,20H2,1-4H3,(H,28,29). The lowest BCUT2D eigenvalue weighted by Gasteiger charge is -2.26. The predicted octanol–water partition coefficient (Wildman–Crippen LogP) is 6.27. The van der Waals surface area contributed by atoms with Crippen LogP contribution in [-0.4, -0.2) is 17.5 Å². The number of pyridine rings is 1. The molecule has 1 atom stereocenters. The van der Waals surface area contributed by atoms with Crippen molar-refractivity contribution in [1.82, 2.24) is 10.3 Å². The summed E-state index contributed by atoms with van der Waals surface area (Å²) in [5.41, 5.74) is 1.80. The maximum absolute atomic E-state index is 12.7. The van der Waals surface area contributed by atoms with Gasteiger partial charge in [0, 0.05) is 11.6 Å². The number of aromatic nitrogens is 1. The summed E-state index contributed by atoms with van der Waals surface area (Å²) < 4.78 is 5.89. The molecule has 1 N–H and O–H groups in total. The second-order valence-corrected chi connectivity index (χ2v) is 8.74. The van der Waals surface area contributed by atoms with Crippen molar-refractivity contribution < 1.29 is 9.53 Å². The van der Waals surface area contributed by atoms with Crippen LogP contribution >= 0.6 is 0 Å². The van der Waals surface area contributed by atoms with Gasteiger partial charge in [0.1, 0.15) is 5.75 Å². The quantitative estimate of drug-likeness (QED) is 0.396. The third-order valence-corrected chi connectivity index (χ3v) is 5.55. The third kappa shape index (κ3) is 8.17. The van der Waals surface area contributed by atoms with E-state index in [-0.39, 0.29) is 11.9 Å². The first-order valence-electron chi connectivity index (χ1n) is 11.4. The van der Waals surface area contributed by atoms with Crippen LogP contribution in [0.2, 0.25) is 0 Å². The number of unbranched alkanes of at least 4 members (excludes halogenated alkanes) is 3. The Morgan fingerprint density at radius 3 is 2.50 bits per heavy atom. The van der Waals surface area contributed by atoms with Crippen molar-refractivity contribution in [2.75, 3.05) is 6.61 Å². The second-order valence-electron chi connectivity index (χ2n) is 8.74. The minimum Gasteiger partial charge on any atom is -0.494 e. The molecule has 0 spiro atoms. The van der Waals surface area contributed by atoms with E-state index >= 15 is 0 Å². The molecule has 0 aliphatic rings. The fraction of sp³-hybridized carbons (Fsp3) is 0.538. The highest BCUT2D eigenvalue weighted by Gasteiger charge is 2.28. The summed E-state index contributed by atoms with van der Waals surface area (Å²) in [7, 11) is 0. The number of nitrogens with zero attached hydrogens (tertiary/aromatic N) is 1. The first-order valence-corrected chi connectivity index (χ1v) is 11.4. The van der Waals surface area contributed by atoms with Crippen molar-refractivity contribution in [3.8, 4) is 5.75 Å². The molecule has 0 radical (unpaired) electrons. The maximum atomic E-state index is 12.7. The molecule has 1 aromatic heterocycles. The molecule has 2 aromatic rings. The number of ether oxygens (including phenoxy) is 1. The van der Waals surface area contributed by atoms with Crippen molar-refractivity contribution in [2.24, 2.45) is 5.41 Å².